The molecule has 2 heterocycles. The molecular weight excluding hydrogens is 328 g/mol. The first-order chi connectivity index (χ1) is 9.08. The summed E-state index contributed by atoms with van der Waals surface area (Å²) in [6.07, 6.45) is 3.20. The fourth-order valence-electron chi connectivity index (χ4n) is 1.71. The van der Waals surface area contributed by atoms with Crippen molar-refractivity contribution in [3.05, 3.63) is 33.2 Å². The van der Waals surface area contributed by atoms with Crippen LogP contribution in [0.15, 0.2) is 28.3 Å². The average molecular weight is 343 g/mol. The molecule has 0 aromatic carbocycles. The Balaban J connectivity index is 1.98. The fraction of sp³-hybridized carbons (Fsp3) is 0.333. The summed E-state index contributed by atoms with van der Waals surface area (Å²) in [6.45, 7) is 3.49. The lowest BCUT2D eigenvalue weighted by Gasteiger charge is -2.20. The number of thiophene rings is 1. The number of halogens is 1. The SMILES string of the molecule is CCN(Cc1ccc(Br)s1)C(=O)Cn1cc(N)cn1. The Bertz CT molecular complexity index is 566. The molecule has 0 aliphatic heterocycles. The first-order valence-electron chi connectivity index (χ1n) is 5.88. The van der Waals surface area contributed by atoms with Crippen LogP contribution in [0.1, 0.15) is 11.8 Å². The number of carbonyl (C=O) groups is 1. The van der Waals surface area contributed by atoms with Gasteiger partial charge in [0, 0.05) is 17.6 Å². The van der Waals surface area contributed by atoms with Gasteiger partial charge in [0.1, 0.15) is 6.54 Å². The Hall–Kier alpha value is -1.34. The summed E-state index contributed by atoms with van der Waals surface area (Å²) in [4.78, 5) is 15.1. The molecule has 0 saturated carbocycles. The second-order valence-electron chi connectivity index (χ2n) is 4.08. The molecule has 2 rings (SSSR count). The lowest BCUT2D eigenvalue weighted by atomic mass is 10.4. The van der Waals surface area contributed by atoms with E-state index in [0.717, 1.165) is 8.66 Å². The maximum Gasteiger partial charge on any atom is 0.244 e. The number of amides is 1. The van der Waals surface area contributed by atoms with Crippen LogP contribution >= 0.6 is 27.3 Å². The average Bonchev–Trinajstić information content (AvgIpc) is 2.95. The summed E-state index contributed by atoms with van der Waals surface area (Å²) >= 11 is 5.06. The van der Waals surface area contributed by atoms with Gasteiger partial charge in [0.15, 0.2) is 0 Å². The van der Waals surface area contributed by atoms with Crippen molar-refractivity contribution >= 4 is 38.9 Å². The molecule has 19 heavy (non-hydrogen) atoms. The van der Waals surface area contributed by atoms with Crippen LogP contribution in [0.5, 0.6) is 0 Å². The summed E-state index contributed by atoms with van der Waals surface area (Å²) in [7, 11) is 0. The van der Waals surface area contributed by atoms with Crippen LogP contribution in [0.25, 0.3) is 0 Å². The number of nitrogens with two attached hydrogens (primary N) is 1. The molecule has 102 valence electrons. The molecule has 0 aliphatic rings. The monoisotopic (exact) mass is 342 g/mol. The van der Waals surface area contributed by atoms with E-state index >= 15 is 0 Å². The van der Waals surface area contributed by atoms with Crippen LogP contribution in [-0.4, -0.2) is 27.1 Å². The van der Waals surface area contributed by atoms with Crippen molar-refractivity contribution < 1.29 is 4.79 Å². The van der Waals surface area contributed by atoms with Gasteiger partial charge in [0.2, 0.25) is 5.91 Å². The lowest BCUT2D eigenvalue weighted by Crippen LogP contribution is -2.33. The van der Waals surface area contributed by atoms with E-state index in [1.165, 1.54) is 0 Å². The summed E-state index contributed by atoms with van der Waals surface area (Å²) in [5.74, 6) is 0.0372. The predicted molar refractivity (Wildman–Crippen MR) is 79.7 cm³/mol. The van der Waals surface area contributed by atoms with Gasteiger partial charge >= 0.3 is 0 Å². The van der Waals surface area contributed by atoms with Gasteiger partial charge in [-0.3, -0.25) is 9.48 Å². The zero-order chi connectivity index (χ0) is 13.8. The largest absolute Gasteiger partial charge is 0.396 e. The number of anilines is 1. The number of nitrogens with zero attached hydrogens (tertiary/aromatic N) is 3. The van der Waals surface area contributed by atoms with Gasteiger partial charge in [-0.25, -0.2) is 0 Å². The highest BCUT2D eigenvalue weighted by atomic mass is 79.9. The Labute approximate surface area is 124 Å². The molecule has 0 bridgehead atoms. The van der Waals surface area contributed by atoms with Gasteiger partial charge in [0.05, 0.1) is 22.2 Å². The van der Waals surface area contributed by atoms with Crippen LogP contribution in [-0.2, 0) is 17.9 Å². The third kappa shape index (κ3) is 3.81. The summed E-state index contributed by atoms with van der Waals surface area (Å²) in [6, 6.07) is 4.02. The van der Waals surface area contributed by atoms with E-state index in [9.17, 15) is 4.79 Å². The van der Waals surface area contributed by atoms with Crippen molar-refractivity contribution in [1.29, 1.82) is 0 Å². The maximum absolute atomic E-state index is 12.2. The number of hydrogen-bond acceptors (Lipinski definition) is 4. The van der Waals surface area contributed by atoms with Gasteiger partial charge in [-0.05, 0) is 35.0 Å². The minimum atomic E-state index is 0.0372. The Morgan fingerprint density at radius 1 is 1.58 bits per heavy atom. The van der Waals surface area contributed by atoms with Gasteiger partial charge in [-0.1, -0.05) is 0 Å². The van der Waals surface area contributed by atoms with Crippen LogP contribution in [0.3, 0.4) is 0 Å². The first-order valence-corrected chi connectivity index (χ1v) is 7.49. The Morgan fingerprint density at radius 2 is 2.37 bits per heavy atom. The zero-order valence-corrected chi connectivity index (χ0v) is 12.9. The molecular formula is C12H15BrN4OS. The number of likely N-dealkylation sites (N-methyl/N-ethyl adjacent to an activating group) is 1. The number of nitrogen functional groups attached to an aromatic ring is 1. The molecule has 0 unspecified atom stereocenters. The van der Waals surface area contributed by atoms with Crippen LogP contribution < -0.4 is 5.73 Å². The van der Waals surface area contributed by atoms with Crippen molar-refractivity contribution in [2.75, 3.05) is 12.3 Å². The van der Waals surface area contributed by atoms with E-state index < -0.39 is 0 Å². The normalized spacial score (nSPS) is 10.6. The molecule has 2 aromatic heterocycles. The van der Waals surface area contributed by atoms with E-state index in [-0.39, 0.29) is 12.5 Å². The second-order valence-corrected chi connectivity index (χ2v) is 6.63. The van der Waals surface area contributed by atoms with Crippen molar-refractivity contribution in [3.63, 3.8) is 0 Å². The quantitative estimate of drug-likeness (QED) is 0.906. The molecule has 0 radical (unpaired) electrons. The topological polar surface area (TPSA) is 64.2 Å². The fourth-order valence-corrected chi connectivity index (χ4v) is 3.20. The van der Waals surface area contributed by atoms with Crippen molar-refractivity contribution in [2.24, 2.45) is 0 Å². The van der Waals surface area contributed by atoms with Crippen molar-refractivity contribution in [2.45, 2.75) is 20.0 Å². The smallest absolute Gasteiger partial charge is 0.244 e. The molecule has 1 amide bonds. The van der Waals surface area contributed by atoms with Crippen molar-refractivity contribution in [3.8, 4) is 0 Å². The standard InChI is InChI=1S/C12H15BrN4OS/c1-2-16(7-10-3-4-11(13)19-10)12(18)8-17-6-9(14)5-15-17/h3-6H,2,7-8,14H2,1H3. The van der Waals surface area contributed by atoms with E-state index in [0.29, 0.717) is 18.8 Å². The molecule has 0 fully saturated rings. The molecule has 2 aromatic rings. The van der Waals surface area contributed by atoms with E-state index in [1.54, 1.807) is 33.3 Å². The van der Waals surface area contributed by atoms with E-state index in [2.05, 4.69) is 21.0 Å². The lowest BCUT2D eigenvalue weighted by molar-refractivity contribution is -0.132. The summed E-state index contributed by atoms with van der Waals surface area (Å²) in [5, 5.41) is 4.02. The predicted octanol–water partition coefficient (Wildman–Crippen LogP) is 2.34. The van der Waals surface area contributed by atoms with E-state index in [4.69, 9.17) is 5.73 Å². The van der Waals surface area contributed by atoms with Gasteiger partial charge in [-0.15, -0.1) is 11.3 Å². The molecule has 0 spiro atoms. The van der Waals surface area contributed by atoms with Gasteiger partial charge in [-0.2, -0.15) is 5.10 Å². The summed E-state index contributed by atoms with van der Waals surface area (Å²) in [5.41, 5.74) is 6.15. The molecule has 2 N–H and O–H groups in total. The maximum atomic E-state index is 12.2. The molecule has 0 aliphatic carbocycles. The zero-order valence-electron chi connectivity index (χ0n) is 10.5. The highest BCUT2D eigenvalue weighted by Gasteiger charge is 2.14. The summed E-state index contributed by atoms with van der Waals surface area (Å²) < 4.78 is 2.64. The van der Waals surface area contributed by atoms with Gasteiger partial charge in [0.25, 0.3) is 0 Å². The molecule has 0 saturated heterocycles. The number of hydrogen-bond donors (Lipinski definition) is 1. The van der Waals surface area contributed by atoms with Crippen LogP contribution in [0, 0.1) is 0 Å². The highest BCUT2D eigenvalue weighted by Crippen LogP contribution is 2.23. The first kappa shape index (κ1) is 14.1. The Kier molecular flexibility index (Phi) is 4.60. The minimum Gasteiger partial charge on any atom is -0.396 e. The van der Waals surface area contributed by atoms with Crippen LogP contribution in [0.4, 0.5) is 5.69 Å². The third-order valence-electron chi connectivity index (χ3n) is 2.66. The molecule has 0 atom stereocenters. The molecule has 7 heteroatoms. The van der Waals surface area contributed by atoms with Crippen molar-refractivity contribution in [1.82, 2.24) is 14.7 Å². The minimum absolute atomic E-state index is 0.0372. The van der Waals surface area contributed by atoms with Crippen LogP contribution in [0.2, 0.25) is 0 Å². The second kappa shape index (κ2) is 6.21. The third-order valence-corrected chi connectivity index (χ3v) is 4.27. The number of aromatic nitrogens is 2. The van der Waals surface area contributed by atoms with E-state index in [1.807, 2.05) is 19.1 Å². The Morgan fingerprint density at radius 3 is 2.89 bits per heavy atom. The number of carbonyl (C=O) groups excluding carboxylic acids is 1. The number of rotatable bonds is 5. The molecule has 5 nitrogen and oxygen atoms in total. The highest BCUT2D eigenvalue weighted by molar-refractivity contribution is 9.11. The van der Waals surface area contributed by atoms with Gasteiger partial charge < -0.3 is 10.6 Å².